The topological polar surface area (TPSA) is 213 Å². The van der Waals surface area contributed by atoms with Crippen LogP contribution in [0.15, 0.2) is 113 Å². The summed E-state index contributed by atoms with van der Waals surface area (Å²) in [6.07, 6.45) is 3.03. The molecule has 0 unspecified atom stereocenters. The molecule has 0 atom stereocenters. The molecule has 6 aromatic carbocycles. The first-order valence-corrected chi connectivity index (χ1v) is 22.6. The molecule has 7 N–H and O–H groups in total. The molecule has 6 aromatic rings. The Labute approximate surface area is 359 Å². The molecular weight excluding hydrogens is 831 g/mol. The molecule has 10 bridgehead atoms. The van der Waals surface area contributed by atoms with E-state index in [1.807, 2.05) is 37.4 Å². The highest BCUT2D eigenvalue weighted by Gasteiger charge is 2.42. The maximum absolute atomic E-state index is 12.7. The maximum atomic E-state index is 12.7. The van der Waals surface area contributed by atoms with Gasteiger partial charge in [0.2, 0.25) is 5.69 Å². The first-order chi connectivity index (χ1) is 29.2. The lowest BCUT2D eigenvalue weighted by Gasteiger charge is -2.18. The monoisotopic (exact) mass is 874 g/mol. The first-order valence-electron chi connectivity index (χ1n) is 19.7. The second kappa shape index (κ2) is 15.5. The number of rotatable bonds is 4. The van der Waals surface area contributed by atoms with Crippen LogP contribution in [0.1, 0.15) is 80.6 Å². The van der Waals surface area contributed by atoms with Gasteiger partial charge in [-0.25, -0.2) is 0 Å². The van der Waals surface area contributed by atoms with Crippen LogP contribution in [0.3, 0.4) is 0 Å². The van der Waals surface area contributed by atoms with Crippen LogP contribution in [0.4, 0.5) is 5.69 Å². The zero-order valence-electron chi connectivity index (χ0n) is 34.0. The molecule has 2 aliphatic rings. The first kappa shape index (κ1) is 42.2. The van der Waals surface area contributed by atoms with Crippen molar-refractivity contribution in [1.82, 2.24) is 0 Å². The Morgan fingerprint density at radius 2 is 0.823 bits per heavy atom. The highest BCUT2D eigenvalue weighted by molar-refractivity contribution is 7.86. The van der Waals surface area contributed by atoms with Crippen molar-refractivity contribution in [2.45, 2.75) is 61.2 Å². The number of phenolic OH excluding ortho intramolecular Hbond substituents is 5. The van der Waals surface area contributed by atoms with E-state index in [-0.39, 0.29) is 81.7 Å². The third-order valence-electron chi connectivity index (χ3n) is 12.1. The Bertz CT molecular complexity index is 3150. The van der Waals surface area contributed by atoms with Gasteiger partial charge in [-0.05, 0) is 95.3 Å². The lowest BCUT2D eigenvalue weighted by Crippen LogP contribution is -2.26. The average Bonchev–Trinajstić information content (AvgIpc) is 3.40. The second-order valence-corrected chi connectivity index (χ2v) is 19.3. The largest absolute Gasteiger partial charge is 0.507 e. The van der Waals surface area contributed by atoms with Crippen LogP contribution in [0.2, 0.25) is 0 Å². The molecule has 0 aromatic heterocycles. The van der Waals surface area contributed by atoms with Crippen molar-refractivity contribution >= 4 is 37.7 Å². The van der Waals surface area contributed by atoms with E-state index >= 15 is 0 Å². The quantitative estimate of drug-likeness (QED) is 0.0673. The number of allylic oxidation sites excluding steroid dienone is 1. The van der Waals surface area contributed by atoms with Crippen LogP contribution >= 0.6 is 0 Å². The summed E-state index contributed by atoms with van der Waals surface area (Å²) in [4.78, 5) is -1.23. The van der Waals surface area contributed by atoms with E-state index in [4.69, 9.17) is 0 Å². The molecule has 8 rings (SSSR count). The van der Waals surface area contributed by atoms with Crippen molar-refractivity contribution in [3.05, 3.63) is 170 Å². The zero-order chi connectivity index (χ0) is 44.5. The molecule has 0 fully saturated rings. The van der Waals surface area contributed by atoms with Crippen molar-refractivity contribution in [2.24, 2.45) is 0 Å². The van der Waals surface area contributed by atoms with Crippen LogP contribution in [-0.4, -0.2) is 68.8 Å². The third kappa shape index (κ3) is 7.82. The van der Waals surface area contributed by atoms with E-state index in [0.717, 1.165) is 41.2 Å². The van der Waals surface area contributed by atoms with Gasteiger partial charge in [-0.2, -0.15) is 21.4 Å². The Balaban J connectivity index is 1.36. The van der Waals surface area contributed by atoms with Crippen LogP contribution in [0.25, 0.3) is 6.08 Å². The van der Waals surface area contributed by atoms with Gasteiger partial charge in [-0.15, -0.1) is 0 Å². The minimum atomic E-state index is -4.92. The van der Waals surface area contributed by atoms with Gasteiger partial charge in [-0.1, -0.05) is 54.6 Å². The van der Waals surface area contributed by atoms with Crippen LogP contribution in [0.5, 0.6) is 28.7 Å². The summed E-state index contributed by atoms with van der Waals surface area (Å²) in [5, 5.41) is 58.6. The summed E-state index contributed by atoms with van der Waals surface area (Å²) in [5.74, 6) is -1.40. The number of hydrogen-bond donors (Lipinski definition) is 7. The van der Waals surface area contributed by atoms with Crippen LogP contribution in [0, 0.1) is 0 Å². The number of phenols is 5. The smallest absolute Gasteiger partial charge is 0.294 e. The summed E-state index contributed by atoms with van der Waals surface area (Å²) in [6, 6.07) is 25.7. The predicted octanol–water partition coefficient (Wildman–Crippen LogP) is 7.69. The maximum Gasteiger partial charge on any atom is 0.294 e. The number of hydrogen-bond acceptors (Lipinski definition) is 9. The van der Waals surface area contributed by atoms with Crippen molar-refractivity contribution in [3.63, 3.8) is 0 Å². The molecule has 1 aliphatic carbocycles. The van der Waals surface area contributed by atoms with E-state index in [1.165, 1.54) is 0 Å². The van der Waals surface area contributed by atoms with Crippen LogP contribution < -0.4 is 0 Å². The van der Waals surface area contributed by atoms with Gasteiger partial charge >= 0.3 is 0 Å². The Kier molecular flexibility index (Phi) is 10.5. The van der Waals surface area contributed by atoms with E-state index in [9.17, 15) is 51.5 Å². The van der Waals surface area contributed by atoms with E-state index in [2.05, 4.69) is 24.5 Å². The van der Waals surface area contributed by atoms with E-state index in [1.54, 1.807) is 48.5 Å². The zero-order valence-corrected chi connectivity index (χ0v) is 35.6. The van der Waals surface area contributed by atoms with Crippen molar-refractivity contribution in [3.8, 4) is 28.7 Å². The highest BCUT2D eigenvalue weighted by Crippen LogP contribution is 2.42. The molecule has 1 aliphatic heterocycles. The lowest BCUT2D eigenvalue weighted by atomic mass is 9.81. The molecule has 0 saturated carbocycles. The molecule has 0 saturated heterocycles. The third-order valence-corrected chi connectivity index (χ3v) is 13.7. The number of aromatic hydroxyl groups is 5. The summed E-state index contributed by atoms with van der Waals surface area (Å²) in [6.45, 7) is 4.25. The minimum Gasteiger partial charge on any atom is -0.507 e. The van der Waals surface area contributed by atoms with Crippen molar-refractivity contribution in [1.29, 1.82) is 0 Å². The van der Waals surface area contributed by atoms with Gasteiger partial charge in [0.25, 0.3) is 20.2 Å². The Hall–Kier alpha value is -6.45. The standard InChI is InChI=1S/C48H43NO11S2/c1-48(2)40-12-4-5-13-41(40)49(3)42(48)15-14-27-16-32-19-30-10-6-8-28(43(30)50)18-29-9-7-11-31(44(29)51)20-34-23-38(61(55,56)57)25-36(46(34)53)22-37-26-39(62(58,59)60)24-35(47(37)54)21-33(17-27)45(32)52/h4-17,23-26H,18-22H2,1-3H3,(H6,50,51,53,54,55,56,57,58,59,60)/p+1. The van der Waals surface area contributed by atoms with Gasteiger partial charge in [0.15, 0.2) is 5.71 Å². The SMILES string of the molecule is C[N+]1=C(/C=C/c2cc3c(O)c(c2)Cc2cc(S(=O)(=O)O)cc(c2O)Cc2cc(S(=O)(=O)O)cc(c2O)Cc2cccc(c2O)Cc2cccc(c2O)C3)C(C)(C)c2ccccc21. The number of para-hydroxylation sites is 3. The summed E-state index contributed by atoms with van der Waals surface area (Å²) >= 11 is 0. The van der Waals surface area contributed by atoms with E-state index in [0.29, 0.717) is 27.8 Å². The Morgan fingerprint density at radius 3 is 1.21 bits per heavy atom. The predicted molar refractivity (Wildman–Crippen MR) is 234 cm³/mol. The van der Waals surface area contributed by atoms with Gasteiger partial charge in [-0.3, -0.25) is 9.11 Å². The molecular formula is C48H44NO11S2+. The molecule has 0 radical (unpaired) electrons. The second-order valence-electron chi connectivity index (χ2n) is 16.5. The molecule has 62 heavy (non-hydrogen) atoms. The summed E-state index contributed by atoms with van der Waals surface area (Å²) in [7, 11) is -7.82. The molecule has 0 amide bonds. The normalized spacial score (nSPS) is 15.1. The number of fused-ring (bicyclic) bond motifs is 11. The molecule has 1 heterocycles. The van der Waals surface area contributed by atoms with Gasteiger partial charge in [0.05, 0.1) is 15.2 Å². The van der Waals surface area contributed by atoms with Gasteiger partial charge < -0.3 is 25.5 Å². The number of nitrogens with zero attached hydrogens (tertiary/aromatic N) is 1. The van der Waals surface area contributed by atoms with Gasteiger partial charge in [0, 0.05) is 72.1 Å². The summed E-state index contributed by atoms with van der Waals surface area (Å²) < 4.78 is 73.0. The summed E-state index contributed by atoms with van der Waals surface area (Å²) in [5.41, 5.74) is 5.39. The molecule has 0 spiro atoms. The highest BCUT2D eigenvalue weighted by atomic mass is 32.2. The molecule has 12 nitrogen and oxygen atoms in total. The van der Waals surface area contributed by atoms with Crippen LogP contribution in [-0.2, 0) is 57.8 Å². The Morgan fingerprint density at radius 1 is 0.484 bits per heavy atom. The average molecular weight is 875 g/mol. The van der Waals surface area contributed by atoms with E-state index < -0.39 is 47.9 Å². The van der Waals surface area contributed by atoms with Crippen molar-refractivity contribution in [2.75, 3.05) is 7.05 Å². The fraction of sp³-hybridized carbons (Fsp3) is 0.188. The van der Waals surface area contributed by atoms with Gasteiger partial charge in [0.1, 0.15) is 35.8 Å². The minimum absolute atomic E-state index is 0.0241. The fourth-order valence-electron chi connectivity index (χ4n) is 8.81. The fourth-order valence-corrected chi connectivity index (χ4v) is 9.97. The molecule has 318 valence electrons. The molecule has 14 heteroatoms. The lowest BCUT2D eigenvalue weighted by molar-refractivity contribution is -0.401. The van der Waals surface area contributed by atoms with Crippen molar-refractivity contribution < 1.29 is 56.0 Å². The number of benzene rings is 6.